The first-order chi connectivity index (χ1) is 15.0. The van der Waals surface area contributed by atoms with Crippen LogP contribution in [0.4, 0.5) is 14.6 Å². The Morgan fingerprint density at radius 3 is 2.77 bits per heavy atom. The maximum atomic E-state index is 15.4. The van der Waals surface area contributed by atoms with Gasteiger partial charge in [0.2, 0.25) is 5.91 Å². The van der Waals surface area contributed by atoms with Gasteiger partial charge >= 0.3 is 0 Å². The van der Waals surface area contributed by atoms with Crippen LogP contribution in [0.5, 0.6) is 0 Å². The molecule has 8 heteroatoms. The van der Waals surface area contributed by atoms with Crippen molar-refractivity contribution < 1.29 is 13.6 Å². The van der Waals surface area contributed by atoms with Crippen molar-refractivity contribution in [2.24, 2.45) is 0 Å². The van der Waals surface area contributed by atoms with Crippen LogP contribution in [0.15, 0.2) is 49.3 Å². The summed E-state index contributed by atoms with van der Waals surface area (Å²) in [5.41, 5.74) is 0.0188. The average molecular weight is 439 g/mol. The summed E-state index contributed by atoms with van der Waals surface area (Å²) in [5.74, 6) is 1.48. The molecule has 1 amide bonds. The molecule has 2 aromatic carbocycles. The van der Waals surface area contributed by atoms with Crippen molar-refractivity contribution in [2.75, 3.05) is 24.5 Å². The Bertz CT molecular complexity index is 1240. The summed E-state index contributed by atoms with van der Waals surface area (Å²) in [6.45, 7) is 4.59. The van der Waals surface area contributed by atoms with Gasteiger partial charge in [-0.25, -0.2) is 18.7 Å². The lowest BCUT2D eigenvalue weighted by Gasteiger charge is -2.39. The lowest BCUT2D eigenvalue weighted by Crippen LogP contribution is -2.54. The van der Waals surface area contributed by atoms with E-state index in [2.05, 4.69) is 22.5 Å². The van der Waals surface area contributed by atoms with Crippen LogP contribution in [0.3, 0.4) is 0 Å². The maximum absolute atomic E-state index is 15.4. The minimum absolute atomic E-state index is 0.0227. The van der Waals surface area contributed by atoms with Crippen LogP contribution in [0, 0.1) is 24.0 Å². The number of carbonyl (C=O) groups is 1. The molecule has 1 aromatic heterocycles. The molecule has 3 aromatic rings. The number of hydrogen-bond donors (Lipinski definition) is 0. The summed E-state index contributed by atoms with van der Waals surface area (Å²) in [7, 11) is 0. The van der Waals surface area contributed by atoms with E-state index < -0.39 is 17.7 Å². The number of halogens is 3. The van der Waals surface area contributed by atoms with Crippen molar-refractivity contribution in [1.29, 1.82) is 0 Å². The number of piperazine rings is 1. The SMILES string of the molecule is C#CC1CN(c2ncnc3c(F)c(-c4ccccc4F)c(Cl)cc23)CCN1C(=O)C=C. The fourth-order valence-corrected chi connectivity index (χ4v) is 4.07. The number of amides is 1. The number of anilines is 1. The largest absolute Gasteiger partial charge is 0.351 e. The van der Waals surface area contributed by atoms with Gasteiger partial charge in [-0.1, -0.05) is 42.3 Å². The van der Waals surface area contributed by atoms with E-state index in [9.17, 15) is 9.18 Å². The van der Waals surface area contributed by atoms with Crippen molar-refractivity contribution in [1.82, 2.24) is 14.9 Å². The fraction of sp³-hybridized carbons (Fsp3) is 0.174. The van der Waals surface area contributed by atoms with E-state index in [4.69, 9.17) is 18.0 Å². The summed E-state index contributed by atoms with van der Waals surface area (Å²) in [6.07, 6.45) is 8.10. The second-order valence-corrected chi connectivity index (χ2v) is 7.39. The number of rotatable bonds is 3. The van der Waals surface area contributed by atoms with E-state index in [1.165, 1.54) is 36.7 Å². The van der Waals surface area contributed by atoms with Crippen LogP contribution in [0.1, 0.15) is 0 Å². The van der Waals surface area contributed by atoms with Gasteiger partial charge in [0.1, 0.15) is 29.5 Å². The van der Waals surface area contributed by atoms with Gasteiger partial charge in [0.15, 0.2) is 5.82 Å². The second kappa shape index (κ2) is 8.32. The van der Waals surface area contributed by atoms with Gasteiger partial charge < -0.3 is 9.80 Å². The minimum atomic E-state index is -0.731. The topological polar surface area (TPSA) is 49.3 Å². The quantitative estimate of drug-likeness (QED) is 0.457. The molecule has 4 rings (SSSR count). The number of fused-ring (bicyclic) bond motifs is 1. The summed E-state index contributed by atoms with van der Waals surface area (Å²) in [5, 5.41) is 0.421. The molecule has 5 nitrogen and oxygen atoms in total. The third-order valence-electron chi connectivity index (χ3n) is 5.27. The lowest BCUT2D eigenvalue weighted by atomic mass is 10.0. The van der Waals surface area contributed by atoms with Crippen molar-refractivity contribution >= 4 is 34.2 Å². The number of terminal acetylenes is 1. The summed E-state index contributed by atoms with van der Waals surface area (Å²) in [6, 6.07) is 6.86. The molecule has 1 aliphatic heterocycles. The Morgan fingerprint density at radius 2 is 2.06 bits per heavy atom. The van der Waals surface area contributed by atoms with Gasteiger partial charge in [-0.3, -0.25) is 4.79 Å². The molecule has 2 heterocycles. The smallest absolute Gasteiger partial charge is 0.247 e. The van der Waals surface area contributed by atoms with Gasteiger partial charge in [-0.2, -0.15) is 0 Å². The summed E-state index contributed by atoms with van der Waals surface area (Å²) in [4.78, 5) is 23.9. The number of nitrogens with zero attached hydrogens (tertiary/aromatic N) is 4. The zero-order valence-electron chi connectivity index (χ0n) is 16.4. The monoisotopic (exact) mass is 438 g/mol. The standard InChI is InChI=1S/C23H17ClF2N4O/c1-3-14-12-29(9-10-30(14)19(31)4-2)23-16-11-17(24)20(15-7-5-6-8-18(15)25)21(26)22(16)27-13-28-23/h1,4-8,11,13-14H,2,9-10,12H2. The summed E-state index contributed by atoms with van der Waals surface area (Å²) < 4.78 is 29.7. The molecular weight excluding hydrogens is 422 g/mol. The number of aromatic nitrogens is 2. The highest BCUT2D eigenvalue weighted by atomic mass is 35.5. The van der Waals surface area contributed by atoms with Gasteiger partial charge in [0.25, 0.3) is 0 Å². The molecule has 0 saturated carbocycles. The lowest BCUT2D eigenvalue weighted by molar-refractivity contribution is -0.127. The normalized spacial score (nSPS) is 16.3. The second-order valence-electron chi connectivity index (χ2n) is 6.98. The molecule has 31 heavy (non-hydrogen) atoms. The molecule has 0 bridgehead atoms. The van der Waals surface area contributed by atoms with Crippen LogP contribution >= 0.6 is 11.6 Å². The molecular formula is C23H17ClF2N4O. The highest BCUT2D eigenvalue weighted by Crippen LogP contribution is 2.38. The highest BCUT2D eigenvalue weighted by Gasteiger charge is 2.30. The van der Waals surface area contributed by atoms with E-state index >= 15 is 4.39 Å². The van der Waals surface area contributed by atoms with Crippen LogP contribution < -0.4 is 4.90 Å². The van der Waals surface area contributed by atoms with Crippen LogP contribution in [-0.4, -0.2) is 46.5 Å². The maximum Gasteiger partial charge on any atom is 0.247 e. The zero-order valence-corrected chi connectivity index (χ0v) is 17.1. The minimum Gasteiger partial charge on any atom is -0.351 e. The van der Waals surface area contributed by atoms with Crippen molar-refractivity contribution in [3.8, 4) is 23.5 Å². The Kier molecular flexibility index (Phi) is 5.57. The highest BCUT2D eigenvalue weighted by molar-refractivity contribution is 6.34. The van der Waals surface area contributed by atoms with Gasteiger partial charge in [0.05, 0.1) is 11.6 Å². The van der Waals surface area contributed by atoms with Gasteiger partial charge in [-0.05, 0) is 18.2 Å². The van der Waals surface area contributed by atoms with Gasteiger partial charge in [0, 0.05) is 29.6 Å². The van der Waals surface area contributed by atoms with E-state index in [1.807, 2.05) is 4.90 Å². The predicted octanol–water partition coefficient (Wildman–Crippen LogP) is 4.06. The van der Waals surface area contributed by atoms with Crippen molar-refractivity contribution in [3.05, 3.63) is 66.0 Å². The van der Waals surface area contributed by atoms with E-state index in [1.54, 1.807) is 11.0 Å². The molecule has 0 N–H and O–H groups in total. The molecule has 0 radical (unpaired) electrons. The number of hydrogen-bond acceptors (Lipinski definition) is 4. The third kappa shape index (κ3) is 3.60. The Hall–Kier alpha value is -3.50. The molecule has 1 atom stereocenters. The average Bonchev–Trinajstić information content (AvgIpc) is 2.79. The molecule has 0 aliphatic carbocycles. The van der Waals surface area contributed by atoms with E-state index in [0.29, 0.717) is 30.8 Å². The van der Waals surface area contributed by atoms with Crippen LogP contribution in [-0.2, 0) is 4.79 Å². The van der Waals surface area contributed by atoms with Crippen molar-refractivity contribution in [2.45, 2.75) is 6.04 Å². The molecule has 1 aliphatic rings. The Morgan fingerprint density at radius 1 is 1.29 bits per heavy atom. The van der Waals surface area contributed by atoms with Crippen LogP contribution in [0.25, 0.3) is 22.0 Å². The van der Waals surface area contributed by atoms with E-state index in [0.717, 1.165) is 0 Å². The third-order valence-corrected chi connectivity index (χ3v) is 5.57. The summed E-state index contributed by atoms with van der Waals surface area (Å²) >= 11 is 6.39. The Labute approximate surface area is 183 Å². The predicted molar refractivity (Wildman–Crippen MR) is 117 cm³/mol. The van der Waals surface area contributed by atoms with Crippen molar-refractivity contribution in [3.63, 3.8) is 0 Å². The van der Waals surface area contributed by atoms with Gasteiger partial charge in [-0.15, -0.1) is 6.42 Å². The molecule has 1 unspecified atom stereocenters. The van der Waals surface area contributed by atoms with E-state index in [-0.39, 0.29) is 27.6 Å². The number of benzene rings is 2. The van der Waals surface area contributed by atoms with Crippen LogP contribution in [0.2, 0.25) is 5.02 Å². The molecule has 156 valence electrons. The molecule has 0 spiro atoms. The zero-order chi connectivity index (χ0) is 22.1. The Balaban J connectivity index is 1.80. The first-order valence-corrected chi connectivity index (χ1v) is 9.85. The molecule has 1 saturated heterocycles. The first kappa shape index (κ1) is 20.8. The fourth-order valence-electron chi connectivity index (χ4n) is 3.78. The molecule has 1 fully saturated rings. The first-order valence-electron chi connectivity index (χ1n) is 9.48. The number of carbonyl (C=O) groups excluding carboxylic acids is 1.